The fourth-order valence-corrected chi connectivity index (χ4v) is 4.19. The van der Waals surface area contributed by atoms with Gasteiger partial charge in [-0.25, -0.2) is 15.3 Å². The van der Waals surface area contributed by atoms with Crippen LogP contribution < -0.4 is 21.1 Å². The molecule has 1 fully saturated rings. The predicted octanol–water partition coefficient (Wildman–Crippen LogP) is 3.05. The lowest BCUT2D eigenvalue weighted by atomic mass is 10.1. The zero-order chi connectivity index (χ0) is 25.5. The molecule has 1 aliphatic heterocycles. The van der Waals surface area contributed by atoms with E-state index in [2.05, 4.69) is 27.8 Å². The number of carbonyl (C=O) groups excluding carboxylic acids is 1. The minimum Gasteiger partial charge on any atom is -0.493 e. The van der Waals surface area contributed by atoms with Gasteiger partial charge in [-0.1, -0.05) is 13.3 Å². The van der Waals surface area contributed by atoms with Crippen molar-refractivity contribution in [2.75, 3.05) is 25.1 Å². The second-order valence-electron chi connectivity index (χ2n) is 8.69. The van der Waals surface area contributed by atoms with Gasteiger partial charge in [-0.3, -0.25) is 14.3 Å². The SMILES string of the molecule is CCCc1nn(C)c2c(=O)[nH]c(-c3cc(NCCC(=O)NOC4CCCCO4)ccc3OCC)nc12. The standard InChI is InChI=1S/C25H34N6O5/c1-4-8-18-22-23(31(3)29-18)25(33)28-24(27-22)17-15-16(10-11-19(17)34-5-2)26-13-12-20(32)30-36-21-9-6-7-14-35-21/h10-11,15,21,26H,4-9,12-14H2,1-3H3,(H,30,32)(H,27,28,33). The Morgan fingerprint density at radius 3 is 2.92 bits per heavy atom. The second-order valence-corrected chi connectivity index (χ2v) is 8.69. The topological polar surface area (TPSA) is 132 Å². The highest BCUT2D eigenvalue weighted by Crippen LogP contribution is 2.31. The molecule has 0 radical (unpaired) electrons. The summed E-state index contributed by atoms with van der Waals surface area (Å²) in [5.41, 5.74) is 5.45. The Labute approximate surface area is 209 Å². The van der Waals surface area contributed by atoms with Gasteiger partial charge in [0.2, 0.25) is 5.91 Å². The van der Waals surface area contributed by atoms with Gasteiger partial charge in [0.25, 0.3) is 5.56 Å². The molecule has 1 atom stereocenters. The second kappa shape index (κ2) is 12.0. The predicted molar refractivity (Wildman–Crippen MR) is 136 cm³/mol. The number of hydrogen-bond donors (Lipinski definition) is 3. The monoisotopic (exact) mass is 498 g/mol. The van der Waals surface area contributed by atoms with Crippen LogP contribution in [0.3, 0.4) is 0 Å². The molecule has 0 aliphatic carbocycles. The van der Waals surface area contributed by atoms with Crippen LogP contribution in [0.1, 0.15) is 51.6 Å². The summed E-state index contributed by atoms with van der Waals surface area (Å²) in [6.07, 6.45) is 4.27. The number of H-pyrrole nitrogens is 1. The Morgan fingerprint density at radius 1 is 1.31 bits per heavy atom. The summed E-state index contributed by atoms with van der Waals surface area (Å²) in [5.74, 6) is 0.771. The van der Waals surface area contributed by atoms with Crippen LogP contribution in [0.2, 0.25) is 0 Å². The van der Waals surface area contributed by atoms with Gasteiger partial charge in [0.1, 0.15) is 17.1 Å². The van der Waals surface area contributed by atoms with E-state index in [0.29, 0.717) is 47.9 Å². The Hall–Kier alpha value is -3.44. The fourth-order valence-electron chi connectivity index (χ4n) is 4.19. The number of benzene rings is 1. The van der Waals surface area contributed by atoms with Gasteiger partial charge in [-0.15, -0.1) is 0 Å². The van der Waals surface area contributed by atoms with Crippen LogP contribution in [-0.4, -0.2) is 51.7 Å². The van der Waals surface area contributed by atoms with E-state index >= 15 is 0 Å². The van der Waals surface area contributed by atoms with Crippen LogP contribution in [0.5, 0.6) is 5.75 Å². The van der Waals surface area contributed by atoms with E-state index in [1.54, 1.807) is 11.7 Å². The van der Waals surface area contributed by atoms with Crippen molar-refractivity contribution in [1.82, 2.24) is 25.2 Å². The van der Waals surface area contributed by atoms with E-state index in [0.717, 1.165) is 43.5 Å². The van der Waals surface area contributed by atoms with Crippen molar-refractivity contribution in [3.8, 4) is 17.1 Å². The minimum atomic E-state index is -0.381. The number of hydrogen-bond acceptors (Lipinski definition) is 8. The van der Waals surface area contributed by atoms with E-state index in [-0.39, 0.29) is 24.2 Å². The Kier molecular flexibility index (Phi) is 8.55. The zero-order valence-electron chi connectivity index (χ0n) is 21.1. The number of rotatable bonds is 11. The highest BCUT2D eigenvalue weighted by Gasteiger charge is 2.18. The highest BCUT2D eigenvalue weighted by molar-refractivity contribution is 5.80. The molecule has 11 nitrogen and oxygen atoms in total. The van der Waals surface area contributed by atoms with Gasteiger partial charge < -0.3 is 19.8 Å². The molecular formula is C25H34N6O5. The molecular weight excluding hydrogens is 464 g/mol. The van der Waals surface area contributed by atoms with Crippen molar-refractivity contribution in [3.63, 3.8) is 0 Å². The first-order valence-electron chi connectivity index (χ1n) is 12.5. The molecule has 2 aromatic heterocycles. The molecule has 1 unspecified atom stereocenters. The van der Waals surface area contributed by atoms with Crippen molar-refractivity contribution < 1.29 is 19.1 Å². The van der Waals surface area contributed by atoms with Crippen molar-refractivity contribution in [2.24, 2.45) is 7.05 Å². The number of nitrogens with zero attached hydrogens (tertiary/aromatic N) is 3. The minimum absolute atomic E-state index is 0.215. The van der Waals surface area contributed by atoms with Gasteiger partial charge in [0.15, 0.2) is 11.8 Å². The number of anilines is 1. The summed E-state index contributed by atoms with van der Waals surface area (Å²) in [7, 11) is 1.75. The molecule has 0 saturated carbocycles. The molecule has 3 N–H and O–H groups in total. The fraction of sp³-hybridized carbons (Fsp3) is 0.520. The third-order valence-electron chi connectivity index (χ3n) is 5.91. The first-order valence-corrected chi connectivity index (χ1v) is 12.5. The van der Waals surface area contributed by atoms with Gasteiger partial charge in [0, 0.05) is 38.7 Å². The number of aromatic nitrogens is 4. The Balaban J connectivity index is 1.49. The average molecular weight is 499 g/mol. The van der Waals surface area contributed by atoms with Crippen molar-refractivity contribution in [3.05, 3.63) is 34.2 Å². The van der Waals surface area contributed by atoms with Gasteiger partial charge in [-0.05, 0) is 44.4 Å². The third kappa shape index (κ3) is 6.03. The molecule has 1 aliphatic rings. The summed E-state index contributed by atoms with van der Waals surface area (Å²) < 4.78 is 12.8. The van der Waals surface area contributed by atoms with Crippen LogP contribution in [0, 0.1) is 0 Å². The first kappa shape index (κ1) is 25.6. The average Bonchev–Trinajstić information content (AvgIpc) is 3.20. The summed E-state index contributed by atoms with van der Waals surface area (Å²) in [6, 6.07) is 5.54. The quantitative estimate of drug-likeness (QED) is 0.344. The van der Waals surface area contributed by atoms with Crippen molar-refractivity contribution in [2.45, 2.75) is 58.7 Å². The van der Waals surface area contributed by atoms with Crippen LogP contribution in [-0.2, 0) is 27.8 Å². The number of carbonyl (C=O) groups is 1. The molecule has 1 aromatic carbocycles. The maximum absolute atomic E-state index is 12.9. The molecule has 0 bridgehead atoms. The maximum atomic E-state index is 12.9. The van der Waals surface area contributed by atoms with E-state index in [1.165, 1.54) is 0 Å². The van der Waals surface area contributed by atoms with Crippen LogP contribution in [0.25, 0.3) is 22.4 Å². The van der Waals surface area contributed by atoms with E-state index in [4.69, 9.17) is 19.3 Å². The maximum Gasteiger partial charge on any atom is 0.277 e. The van der Waals surface area contributed by atoms with Gasteiger partial charge in [-0.2, -0.15) is 5.10 Å². The van der Waals surface area contributed by atoms with Crippen molar-refractivity contribution >= 4 is 22.6 Å². The molecule has 4 rings (SSSR count). The number of aryl methyl sites for hydroxylation is 2. The number of nitrogens with one attached hydrogen (secondary N) is 3. The number of amides is 1. The first-order chi connectivity index (χ1) is 17.5. The molecule has 1 saturated heterocycles. The van der Waals surface area contributed by atoms with E-state index < -0.39 is 0 Å². The number of hydroxylamine groups is 1. The summed E-state index contributed by atoms with van der Waals surface area (Å²) in [6.45, 7) is 5.46. The Bertz CT molecular complexity index is 1250. The van der Waals surface area contributed by atoms with E-state index in [1.807, 2.05) is 25.1 Å². The van der Waals surface area contributed by atoms with E-state index in [9.17, 15) is 9.59 Å². The molecule has 0 spiro atoms. The van der Waals surface area contributed by atoms with Crippen molar-refractivity contribution in [1.29, 1.82) is 0 Å². The molecule has 36 heavy (non-hydrogen) atoms. The zero-order valence-corrected chi connectivity index (χ0v) is 21.1. The van der Waals surface area contributed by atoms with Crippen LogP contribution in [0.15, 0.2) is 23.0 Å². The normalized spacial score (nSPS) is 15.7. The lowest BCUT2D eigenvalue weighted by Gasteiger charge is -2.22. The van der Waals surface area contributed by atoms with Gasteiger partial charge in [0.05, 0.1) is 17.9 Å². The number of aromatic amines is 1. The molecule has 194 valence electrons. The lowest BCUT2D eigenvalue weighted by Crippen LogP contribution is -2.33. The van der Waals surface area contributed by atoms with Crippen LogP contribution >= 0.6 is 0 Å². The summed E-state index contributed by atoms with van der Waals surface area (Å²) in [5, 5.41) is 7.73. The van der Waals surface area contributed by atoms with Gasteiger partial charge >= 0.3 is 0 Å². The highest BCUT2D eigenvalue weighted by atomic mass is 16.8. The van der Waals surface area contributed by atoms with Crippen LogP contribution in [0.4, 0.5) is 5.69 Å². The Morgan fingerprint density at radius 2 is 2.17 bits per heavy atom. The largest absolute Gasteiger partial charge is 0.493 e. The summed E-state index contributed by atoms with van der Waals surface area (Å²) >= 11 is 0. The smallest absolute Gasteiger partial charge is 0.277 e. The molecule has 1 amide bonds. The number of ether oxygens (including phenoxy) is 2. The number of fused-ring (bicyclic) bond motifs is 1. The summed E-state index contributed by atoms with van der Waals surface area (Å²) in [4.78, 5) is 38.0. The molecule has 3 heterocycles. The third-order valence-corrected chi connectivity index (χ3v) is 5.91. The molecule has 3 aromatic rings. The lowest BCUT2D eigenvalue weighted by molar-refractivity contribution is -0.200. The molecule has 11 heteroatoms.